The molecule has 130 valence electrons. The number of esters is 1. The van der Waals surface area contributed by atoms with Crippen LogP contribution in [0.1, 0.15) is 41.8 Å². The van der Waals surface area contributed by atoms with Gasteiger partial charge >= 0.3 is 5.97 Å². The lowest BCUT2D eigenvalue weighted by molar-refractivity contribution is -0.384. The lowest BCUT2D eigenvalue weighted by Gasteiger charge is -2.33. The van der Waals surface area contributed by atoms with E-state index < -0.39 is 10.9 Å². The molecule has 1 heterocycles. The predicted octanol–water partition coefficient (Wildman–Crippen LogP) is 4.23. The van der Waals surface area contributed by atoms with Crippen molar-refractivity contribution in [2.75, 3.05) is 0 Å². The lowest BCUT2D eigenvalue weighted by atomic mass is 9.93. The Bertz CT molecular complexity index is 840. The minimum atomic E-state index is -0.550. The fourth-order valence-corrected chi connectivity index (χ4v) is 2.85. The fourth-order valence-electron chi connectivity index (χ4n) is 2.85. The highest BCUT2D eigenvalue weighted by molar-refractivity contribution is 5.91. The van der Waals surface area contributed by atoms with E-state index in [2.05, 4.69) is 13.8 Å². The third kappa shape index (κ3) is 3.63. The molecule has 1 aliphatic rings. The van der Waals surface area contributed by atoms with E-state index in [9.17, 15) is 14.9 Å². The summed E-state index contributed by atoms with van der Waals surface area (Å²) in [7, 11) is 0. The first-order valence-corrected chi connectivity index (χ1v) is 8.04. The molecule has 0 spiro atoms. The fraction of sp³-hybridized carbons (Fsp3) is 0.316. The van der Waals surface area contributed by atoms with Crippen LogP contribution in [0.25, 0.3) is 0 Å². The summed E-state index contributed by atoms with van der Waals surface area (Å²) < 4.78 is 11.5. The molecule has 6 nitrogen and oxygen atoms in total. The Morgan fingerprint density at radius 2 is 1.92 bits per heavy atom. The second-order valence-corrected chi connectivity index (χ2v) is 6.78. The van der Waals surface area contributed by atoms with Gasteiger partial charge in [0.1, 0.15) is 17.1 Å². The van der Waals surface area contributed by atoms with Gasteiger partial charge in [-0.15, -0.1) is 0 Å². The Morgan fingerprint density at radius 1 is 1.24 bits per heavy atom. The van der Waals surface area contributed by atoms with Gasteiger partial charge in [0.05, 0.1) is 10.5 Å². The van der Waals surface area contributed by atoms with Crippen LogP contribution in [0.3, 0.4) is 0 Å². The van der Waals surface area contributed by atoms with Gasteiger partial charge in [0.15, 0.2) is 0 Å². The zero-order valence-corrected chi connectivity index (χ0v) is 14.4. The van der Waals surface area contributed by atoms with Crippen molar-refractivity contribution in [3.05, 3.63) is 63.2 Å². The van der Waals surface area contributed by atoms with Gasteiger partial charge < -0.3 is 9.47 Å². The Kier molecular flexibility index (Phi) is 4.20. The molecule has 0 bridgehead atoms. The maximum Gasteiger partial charge on any atom is 0.343 e. The van der Waals surface area contributed by atoms with Crippen molar-refractivity contribution < 1.29 is 19.2 Å². The van der Waals surface area contributed by atoms with Crippen LogP contribution in [0.15, 0.2) is 36.4 Å². The number of nitro benzene ring substituents is 1. The quantitative estimate of drug-likeness (QED) is 0.361. The number of nitro groups is 1. The molecule has 0 N–H and O–H groups in total. The molecule has 6 heteroatoms. The number of rotatable bonds is 3. The first-order chi connectivity index (χ1) is 11.7. The summed E-state index contributed by atoms with van der Waals surface area (Å²) in [5.74, 6) is 0.751. The number of aryl methyl sites for hydroxylation is 2. The minimum absolute atomic E-state index is 0.0686. The topological polar surface area (TPSA) is 78.7 Å². The first-order valence-electron chi connectivity index (χ1n) is 8.04. The summed E-state index contributed by atoms with van der Waals surface area (Å²) >= 11 is 0. The molecule has 0 saturated carbocycles. The molecule has 1 aliphatic heterocycles. The highest BCUT2D eigenvalue weighted by Crippen LogP contribution is 2.38. The number of carbonyl (C=O) groups is 1. The number of fused-ring (bicyclic) bond motifs is 1. The van der Waals surface area contributed by atoms with Crippen LogP contribution in [0.4, 0.5) is 5.69 Å². The molecule has 0 unspecified atom stereocenters. The van der Waals surface area contributed by atoms with Crippen molar-refractivity contribution in [2.24, 2.45) is 0 Å². The first kappa shape index (κ1) is 17.0. The van der Waals surface area contributed by atoms with E-state index in [4.69, 9.17) is 9.47 Å². The zero-order valence-electron chi connectivity index (χ0n) is 14.4. The van der Waals surface area contributed by atoms with Crippen LogP contribution in [0.2, 0.25) is 0 Å². The molecule has 0 radical (unpaired) electrons. The van der Waals surface area contributed by atoms with E-state index in [1.807, 2.05) is 13.0 Å². The number of hydrogen-bond donors (Lipinski definition) is 0. The Labute approximate surface area is 145 Å². The Morgan fingerprint density at radius 3 is 2.56 bits per heavy atom. The van der Waals surface area contributed by atoms with Gasteiger partial charge in [0.2, 0.25) is 0 Å². The van der Waals surface area contributed by atoms with Gasteiger partial charge in [-0.2, -0.15) is 0 Å². The molecule has 2 aromatic rings. The summed E-state index contributed by atoms with van der Waals surface area (Å²) in [5, 5.41) is 10.7. The maximum absolute atomic E-state index is 12.3. The lowest BCUT2D eigenvalue weighted by Crippen LogP contribution is -2.33. The van der Waals surface area contributed by atoms with Crippen molar-refractivity contribution in [1.82, 2.24) is 0 Å². The number of non-ortho nitro benzene ring substituents is 1. The molecule has 0 fully saturated rings. The van der Waals surface area contributed by atoms with Crippen LogP contribution in [0, 0.1) is 17.0 Å². The van der Waals surface area contributed by atoms with E-state index in [0.717, 1.165) is 29.7 Å². The number of hydrogen-bond acceptors (Lipinski definition) is 5. The van der Waals surface area contributed by atoms with E-state index in [1.165, 1.54) is 24.3 Å². The molecule has 0 amide bonds. The summed E-state index contributed by atoms with van der Waals surface area (Å²) in [6.07, 6.45) is 1.74. The third-order valence-corrected chi connectivity index (χ3v) is 4.22. The normalized spacial score (nSPS) is 15.0. The Hall–Kier alpha value is -2.89. The zero-order chi connectivity index (χ0) is 18.2. The summed E-state index contributed by atoms with van der Waals surface area (Å²) in [6.45, 7) is 6.03. The number of nitrogens with zero attached hydrogens (tertiary/aromatic N) is 1. The van der Waals surface area contributed by atoms with Gasteiger partial charge in [-0.05, 0) is 69.0 Å². The standard InChI is InChI=1S/C19H19NO5/c1-12-10-16(11-14-8-9-19(2,3)25-17(12)14)24-18(21)13-4-6-15(7-5-13)20(22)23/h4-7,10-11H,8-9H2,1-3H3. The van der Waals surface area contributed by atoms with Crippen molar-refractivity contribution in [2.45, 2.75) is 39.2 Å². The predicted molar refractivity (Wildman–Crippen MR) is 92.3 cm³/mol. The highest BCUT2D eigenvalue weighted by atomic mass is 16.6. The van der Waals surface area contributed by atoms with E-state index >= 15 is 0 Å². The van der Waals surface area contributed by atoms with Crippen molar-refractivity contribution in [3.8, 4) is 11.5 Å². The molecular weight excluding hydrogens is 322 g/mol. The molecule has 25 heavy (non-hydrogen) atoms. The third-order valence-electron chi connectivity index (χ3n) is 4.22. The van der Waals surface area contributed by atoms with Gasteiger partial charge in [-0.25, -0.2) is 4.79 Å². The SMILES string of the molecule is Cc1cc(OC(=O)c2ccc([N+](=O)[O-])cc2)cc2c1OC(C)(C)CC2. The highest BCUT2D eigenvalue weighted by Gasteiger charge is 2.28. The molecule has 3 rings (SSSR count). The minimum Gasteiger partial charge on any atom is -0.487 e. The summed E-state index contributed by atoms with van der Waals surface area (Å²) in [6, 6.07) is 8.92. The second-order valence-electron chi connectivity index (χ2n) is 6.78. The number of carbonyl (C=O) groups excluding carboxylic acids is 1. The van der Waals surface area contributed by atoms with Gasteiger partial charge in [0.25, 0.3) is 5.69 Å². The van der Waals surface area contributed by atoms with Gasteiger partial charge in [-0.1, -0.05) is 0 Å². The molecular formula is C19H19NO5. The molecule has 0 aromatic heterocycles. The average Bonchev–Trinajstić information content (AvgIpc) is 2.55. The smallest absolute Gasteiger partial charge is 0.343 e. The molecule has 2 aromatic carbocycles. The molecule has 0 aliphatic carbocycles. The summed E-state index contributed by atoms with van der Waals surface area (Å²) in [5.41, 5.74) is 1.93. The van der Waals surface area contributed by atoms with Crippen LogP contribution in [-0.4, -0.2) is 16.5 Å². The van der Waals surface area contributed by atoms with Crippen LogP contribution < -0.4 is 9.47 Å². The van der Waals surface area contributed by atoms with Gasteiger partial charge in [0, 0.05) is 12.1 Å². The largest absolute Gasteiger partial charge is 0.487 e. The number of ether oxygens (including phenoxy) is 2. The molecule has 0 atom stereocenters. The second kappa shape index (κ2) is 6.20. The van der Waals surface area contributed by atoms with E-state index in [1.54, 1.807) is 6.07 Å². The van der Waals surface area contributed by atoms with Crippen molar-refractivity contribution >= 4 is 11.7 Å². The van der Waals surface area contributed by atoms with Gasteiger partial charge in [-0.3, -0.25) is 10.1 Å². The van der Waals surface area contributed by atoms with Crippen LogP contribution >= 0.6 is 0 Å². The monoisotopic (exact) mass is 341 g/mol. The summed E-state index contributed by atoms with van der Waals surface area (Å²) in [4.78, 5) is 22.4. The van der Waals surface area contributed by atoms with Crippen molar-refractivity contribution in [1.29, 1.82) is 0 Å². The van der Waals surface area contributed by atoms with Crippen LogP contribution in [-0.2, 0) is 6.42 Å². The Balaban J connectivity index is 1.80. The van der Waals surface area contributed by atoms with Crippen molar-refractivity contribution in [3.63, 3.8) is 0 Å². The number of benzene rings is 2. The van der Waals surface area contributed by atoms with E-state index in [-0.39, 0.29) is 16.9 Å². The molecule has 0 saturated heterocycles. The van der Waals surface area contributed by atoms with Crippen LogP contribution in [0.5, 0.6) is 11.5 Å². The average molecular weight is 341 g/mol. The maximum atomic E-state index is 12.3. The van der Waals surface area contributed by atoms with E-state index in [0.29, 0.717) is 5.75 Å².